The third-order valence-electron chi connectivity index (χ3n) is 4.84. The number of ether oxygens (including phenoxy) is 3. The lowest BCUT2D eigenvalue weighted by Crippen LogP contribution is -2.31. The number of aryl methyl sites for hydroxylation is 3. The monoisotopic (exact) mass is 399 g/mol. The van der Waals surface area contributed by atoms with Gasteiger partial charge in [-0.15, -0.1) is 0 Å². The van der Waals surface area contributed by atoms with Crippen LogP contribution in [0.1, 0.15) is 41.6 Å². The number of rotatable bonds is 9. The number of carbonyl (C=O) groups excluding carboxylic acids is 2. The van der Waals surface area contributed by atoms with E-state index in [2.05, 4.69) is 11.4 Å². The Hall–Kier alpha value is -3.02. The summed E-state index contributed by atoms with van der Waals surface area (Å²) in [4.78, 5) is 24.1. The van der Waals surface area contributed by atoms with Gasteiger partial charge < -0.3 is 19.5 Å². The number of carbonyl (C=O) groups is 2. The molecule has 0 spiro atoms. The van der Waals surface area contributed by atoms with E-state index in [1.807, 2.05) is 45.0 Å². The predicted molar refractivity (Wildman–Crippen MR) is 111 cm³/mol. The van der Waals surface area contributed by atoms with Gasteiger partial charge in [0.05, 0.1) is 20.3 Å². The minimum absolute atomic E-state index is 0.160. The first-order valence-corrected chi connectivity index (χ1v) is 9.57. The summed E-state index contributed by atoms with van der Waals surface area (Å²) >= 11 is 0. The summed E-state index contributed by atoms with van der Waals surface area (Å²) in [7, 11) is 3.13. The van der Waals surface area contributed by atoms with Gasteiger partial charge in [0.1, 0.15) is 0 Å². The molecule has 29 heavy (non-hydrogen) atoms. The first kappa shape index (κ1) is 22.3. The van der Waals surface area contributed by atoms with Gasteiger partial charge in [-0.25, -0.2) is 0 Å². The number of esters is 1. The Morgan fingerprint density at radius 3 is 2.34 bits per heavy atom. The number of benzene rings is 2. The van der Waals surface area contributed by atoms with Crippen molar-refractivity contribution in [1.82, 2.24) is 5.32 Å². The maximum absolute atomic E-state index is 12.1. The van der Waals surface area contributed by atoms with E-state index in [1.165, 1.54) is 11.1 Å². The van der Waals surface area contributed by atoms with Gasteiger partial charge in [0.25, 0.3) is 5.91 Å². The molecule has 0 heterocycles. The van der Waals surface area contributed by atoms with Crippen LogP contribution in [0.5, 0.6) is 11.5 Å². The molecule has 2 aromatic rings. The van der Waals surface area contributed by atoms with Crippen molar-refractivity contribution in [3.8, 4) is 11.5 Å². The summed E-state index contributed by atoms with van der Waals surface area (Å²) in [5, 5.41) is 2.85. The Morgan fingerprint density at radius 1 is 0.966 bits per heavy atom. The highest BCUT2D eigenvalue weighted by Gasteiger charge is 2.13. The minimum Gasteiger partial charge on any atom is -0.493 e. The van der Waals surface area contributed by atoms with Crippen molar-refractivity contribution in [3.05, 3.63) is 58.7 Å². The van der Waals surface area contributed by atoms with Crippen LogP contribution in [0, 0.1) is 13.8 Å². The van der Waals surface area contributed by atoms with Crippen LogP contribution >= 0.6 is 0 Å². The number of methoxy groups -OCH3 is 2. The zero-order valence-electron chi connectivity index (χ0n) is 17.7. The summed E-state index contributed by atoms with van der Waals surface area (Å²) in [5.41, 5.74) is 4.31. The molecule has 0 fully saturated rings. The second-order valence-corrected chi connectivity index (χ2v) is 6.98. The molecule has 156 valence electrons. The van der Waals surface area contributed by atoms with Crippen LogP contribution in [0.25, 0.3) is 0 Å². The van der Waals surface area contributed by atoms with E-state index in [4.69, 9.17) is 14.2 Å². The molecule has 1 atom stereocenters. The molecule has 0 saturated carbocycles. The third-order valence-corrected chi connectivity index (χ3v) is 4.84. The standard InChI is InChI=1S/C23H29NO5/c1-15-6-9-19(12-16(15)2)17(3)24-22(25)14-29-23(26)11-8-18-7-10-20(27-4)21(13-18)28-5/h6-7,9-10,12-13,17H,8,11,14H2,1-5H3,(H,24,25)/t17-/m1/s1. The maximum Gasteiger partial charge on any atom is 0.306 e. The lowest BCUT2D eigenvalue weighted by molar-refractivity contribution is -0.148. The fourth-order valence-corrected chi connectivity index (χ4v) is 2.90. The second kappa shape index (κ2) is 10.5. The molecule has 2 aromatic carbocycles. The Kier molecular flexibility index (Phi) is 8.07. The highest BCUT2D eigenvalue weighted by atomic mass is 16.5. The van der Waals surface area contributed by atoms with E-state index >= 15 is 0 Å². The Morgan fingerprint density at radius 2 is 1.69 bits per heavy atom. The largest absolute Gasteiger partial charge is 0.493 e. The molecule has 0 saturated heterocycles. The number of amides is 1. The molecule has 0 aliphatic carbocycles. The van der Waals surface area contributed by atoms with Gasteiger partial charge in [-0.3, -0.25) is 9.59 Å². The van der Waals surface area contributed by atoms with Crippen LogP contribution in [0.2, 0.25) is 0 Å². The van der Waals surface area contributed by atoms with Gasteiger partial charge in [0.2, 0.25) is 0 Å². The van der Waals surface area contributed by atoms with Crippen LogP contribution in [-0.4, -0.2) is 32.7 Å². The van der Waals surface area contributed by atoms with Crippen LogP contribution in [0.3, 0.4) is 0 Å². The smallest absolute Gasteiger partial charge is 0.306 e. The van der Waals surface area contributed by atoms with Crippen LogP contribution in [0.4, 0.5) is 0 Å². The summed E-state index contributed by atoms with van der Waals surface area (Å²) in [6.45, 7) is 5.69. The van der Waals surface area contributed by atoms with Crippen molar-refractivity contribution in [2.75, 3.05) is 20.8 Å². The molecule has 0 aliphatic rings. The number of nitrogens with one attached hydrogen (secondary N) is 1. The number of hydrogen-bond donors (Lipinski definition) is 1. The Balaban J connectivity index is 1.78. The van der Waals surface area contributed by atoms with Crippen LogP contribution in [-0.2, 0) is 20.7 Å². The first-order chi connectivity index (χ1) is 13.8. The zero-order valence-corrected chi connectivity index (χ0v) is 17.7. The average Bonchev–Trinajstić information content (AvgIpc) is 2.72. The van der Waals surface area contributed by atoms with Crippen molar-refractivity contribution in [3.63, 3.8) is 0 Å². The second-order valence-electron chi connectivity index (χ2n) is 6.98. The Labute approximate surface area is 172 Å². The van der Waals surface area contributed by atoms with Crippen molar-refractivity contribution >= 4 is 11.9 Å². The van der Waals surface area contributed by atoms with Crippen LogP contribution in [0.15, 0.2) is 36.4 Å². The molecule has 0 radical (unpaired) electrons. The average molecular weight is 399 g/mol. The van der Waals surface area contributed by atoms with Gasteiger partial charge in [-0.2, -0.15) is 0 Å². The van der Waals surface area contributed by atoms with Crippen molar-refractivity contribution in [2.45, 2.75) is 39.7 Å². The highest BCUT2D eigenvalue weighted by Crippen LogP contribution is 2.28. The molecule has 0 bridgehead atoms. The van der Waals surface area contributed by atoms with Gasteiger partial charge >= 0.3 is 5.97 Å². The molecule has 6 heteroatoms. The lowest BCUT2D eigenvalue weighted by atomic mass is 10.0. The third kappa shape index (κ3) is 6.52. The fourth-order valence-electron chi connectivity index (χ4n) is 2.90. The van der Waals surface area contributed by atoms with Gasteiger partial charge in [0, 0.05) is 6.42 Å². The molecule has 0 aliphatic heterocycles. The fraction of sp³-hybridized carbons (Fsp3) is 0.391. The molecule has 0 unspecified atom stereocenters. The molecule has 6 nitrogen and oxygen atoms in total. The zero-order chi connectivity index (χ0) is 21.4. The normalized spacial score (nSPS) is 11.5. The molecule has 2 rings (SSSR count). The quantitative estimate of drug-likeness (QED) is 0.651. The molecular formula is C23H29NO5. The van der Waals surface area contributed by atoms with Crippen molar-refractivity contribution < 1.29 is 23.8 Å². The van der Waals surface area contributed by atoms with Gasteiger partial charge in [0.15, 0.2) is 18.1 Å². The van der Waals surface area contributed by atoms with E-state index < -0.39 is 5.97 Å². The SMILES string of the molecule is COc1ccc(CCC(=O)OCC(=O)N[C@H](C)c2ccc(C)c(C)c2)cc1OC. The molecule has 1 amide bonds. The van der Waals surface area contributed by atoms with Gasteiger partial charge in [-0.05, 0) is 61.6 Å². The van der Waals surface area contributed by atoms with Crippen LogP contribution < -0.4 is 14.8 Å². The summed E-state index contributed by atoms with van der Waals surface area (Å²) < 4.78 is 15.6. The minimum atomic E-state index is -0.422. The van der Waals surface area contributed by atoms with Crippen molar-refractivity contribution in [2.24, 2.45) is 0 Å². The van der Waals surface area contributed by atoms with Crippen molar-refractivity contribution in [1.29, 1.82) is 0 Å². The van der Waals surface area contributed by atoms with E-state index in [-0.39, 0.29) is 25.0 Å². The molecule has 0 aromatic heterocycles. The van der Waals surface area contributed by atoms with E-state index in [1.54, 1.807) is 20.3 Å². The lowest BCUT2D eigenvalue weighted by Gasteiger charge is -2.16. The molecule has 1 N–H and O–H groups in total. The predicted octanol–water partition coefficient (Wildman–Crippen LogP) is 3.67. The maximum atomic E-state index is 12.1. The summed E-state index contributed by atoms with van der Waals surface area (Å²) in [5.74, 6) is 0.496. The summed E-state index contributed by atoms with van der Waals surface area (Å²) in [6, 6.07) is 11.4. The van der Waals surface area contributed by atoms with E-state index in [0.29, 0.717) is 17.9 Å². The van der Waals surface area contributed by atoms with Gasteiger partial charge in [-0.1, -0.05) is 24.3 Å². The van der Waals surface area contributed by atoms with E-state index in [9.17, 15) is 9.59 Å². The topological polar surface area (TPSA) is 73.9 Å². The molecular weight excluding hydrogens is 370 g/mol. The van der Waals surface area contributed by atoms with E-state index in [0.717, 1.165) is 11.1 Å². The Bertz CT molecular complexity index is 862. The number of hydrogen-bond acceptors (Lipinski definition) is 5. The first-order valence-electron chi connectivity index (χ1n) is 9.57. The highest BCUT2D eigenvalue weighted by molar-refractivity contribution is 5.80. The summed E-state index contributed by atoms with van der Waals surface area (Å²) in [6.07, 6.45) is 0.662.